The Hall–Kier alpha value is -2.83. The number of para-hydroxylation sites is 1. The molecule has 1 atom stereocenters. The van der Waals surface area contributed by atoms with Crippen LogP contribution >= 0.6 is 0 Å². The number of rotatable bonds is 4. The first-order chi connectivity index (χ1) is 10.0. The Morgan fingerprint density at radius 2 is 2.10 bits per heavy atom. The zero-order valence-corrected chi connectivity index (χ0v) is 10.9. The van der Waals surface area contributed by atoms with Crippen molar-refractivity contribution >= 4 is 28.6 Å². The van der Waals surface area contributed by atoms with Crippen molar-refractivity contribution in [3.63, 3.8) is 0 Å². The van der Waals surface area contributed by atoms with E-state index in [9.17, 15) is 14.7 Å². The molecule has 1 aromatic carbocycles. The van der Waals surface area contributed by atoms with Crippen LogP contribution in [0.4, 0.5) is 0 Å². The second-order valence-corrected chi connectivity index (χ2v) is 4.95. The summed E-state index contributed by atoms with van der Waals surface area (Å²) >= 11 is 0. The van der Waals surface area contributed by atoms with E-state index in [0.717, 1.165) is 16.5 Å². The van der Waals surface area contributed by atoms with Crippen LogP contribution < -0.4 is 0 Å². The molecule has 2 aromatic rings. The average Bonchev–Trinajstić information content (AvgIpc) is 3.05. The second kappa shape index (κ2) is 4.62. The maximum Gasteiger partial charge on any atom is 0.353 e. The Morgan fingerprint density at radius 1 is 1.33 bits per heavy atom. The number of hydrogen-bond donors (Lipinski definition) is 3. The molecular weight excluding hydrogens is 276 g/mol. The molecule has 21 heavy (non-hydrogen) atoms. The Labute approximate surface area is 118 Å². The summed E-state index contributed by atoms with van der Waals surface area (Å²) in [6, 6.07) is 7.46. The van der Waals surface area contributed by atoms with Crippen molar-refractivity contribution in [3.05, 3.63) is 36.0 Å². The van der Waals surface area contributed by atoms with Crippen LogP contribution in [0, 0.1) is 0 Å². The lowest BCUT2D eigenvalue weighted by molar-refractivity contribution is -0.162. The van der Waals surface area contributed by atoms with Gasteiger partial charge in [-0.05, 0) is 11.6 Å². The average molecular weight is 288 g/mol. The van der Waals surface area contributed by atoms with Crippen LogP contribution in [0.25, 0.3) is 10.9 Å². The van der Waals surface area contributed by atoms with Crippen LogP contribution in [0.2, 0.25) is 0 Å². The Balaban J connectivity index is 1.94. The lowest BCUT2D eigenvalue weighted by atomic mass is 9.89. The van der Waals surface area contributed by atoms with Gasteiger partial charge in [-0.15, -0.1) is 0 Å². The molecule has 3 N–H and O–H groups in total. The van der Waals surface area contributed by atoms with Crippen molar-refractivity contribution in [1.82, 2.24) is 4.98 Å². The molecule has 1 aliphatic rings. The Kier molecular flexibility index (Phi) is 2.90. The van der Waals surface area contributed by atoms with Crippen LogP contribution in [0.15, 0.2) is 35.6 Å². The predicted molar refractivity (Wildman–Crippen MR) is 73.1 cm³/mol. The van der Waals surface area contributed by atoms with Gasteiger partial charge in [-0.1, -0.05) is 23.4 Å². The minimum absolute atomic E-state index is 0.0344. The van der Waals surface area contributed by atoms with Crippen molar-refractivity contribution in [2.24, 2.45) is 5.16 Å². The number of carboxylic acid groups (broad SMARTS) is 2. The lowest BCUT2D eigenvalue weighted by Gasteiger charge is -2.20. The highest BCUT2D eigenvalue weighted by Crippen LogP contribution is 2.31. The molecule has 7 heteroatoms. The number of carboxylic acids is 2. The zero-order chi connectivity index (χ0) is 15.0. The van der Waals surface area contributed by atoms with E-state index in [1.54, 1.807) is 6.20 Å². The molecular formula is C14H12N2O5. The molecule has 1 aliphatic heterocycles. The summed E-state index contributed by atoms with van der Waals surface area (Å²) in [4.78, 5) is 30.5. The number of fused-ring (bicyclic) bond motifs is 1. The summed E-state index contributed by atoms with van der Waals surface area (Å²) in [6.07, 6.45) is 1.47. The Morgan fingerprint density at radius 3 is 2.76 bits per heavy atom. The summed E-state index contributed by atoms with van der Waals surface area (Å²) in [5.74, 6) is -2.50. The van der Waals surface area contributed by atoms with Crippen LogP contribution in [0.1, 0.15) is 12.0 Å². The third-order valence-electron chi connectivity index (χ3n) is 3.57. The smallest absolute Gasteiger partial charge is 0.353 e. The van der Waals surface area contributed by atoms with Gasteiger partial charge in [0.1, 0.15) is 0 Å². The quantitative estimate of drug-likeness (QED) is 0.787. The zero-order valence-electron chi connectivity index (χ0n) is 10.9. The highest BCUT2D eigenvalue weighted by molar-refractivity contribution is 6.36. The third-order valence-corrected chi connectivity index (χ3v) is 3.57. The number of hydrogen-bond acceptors (Lipinski definition) is 4. The van der Waals surface area contributed by atoms with Crippen molar-refractivity contribution in [2.75, 3.05) is 0 Å². The monoisotopic (exact) mass is 288 g/mol. The van der Waals surface area contributed by atoms with Gasteiger partial charge in [0.25, 0.3) is 0 Å². The van der Waals surface area contributed by atoms with Gasteiger partial charge in [0.2, 0.25) is 5.60 Å². The standard InChI is InChI=1S/C14H12N2O5/c17-12(18)11-6-14(13(19)20,21-16-11)5-8-7-15-10-4-2-1-3-9(8)10/h1-4,7,15H,5-6H2,(H,17,18)(H,19,20)/t14-/m0/s1. The first kappa shape index (κ1) is 13.2. The van der Waals surface area contributed by atoms with E-state index in [1.165, 1.54) is 0 Å². The largest absolute Gasteiger partial charge is 0.478 e. The van der Waals surface area contributed by atoms with Gasteiger partial charge < -0.3 is 20.0 Å². The second-order valence-electron chi connectivity index (χ2n) is 4.95. The molecule has 0 fully saturated rings. The SMILES string of the molecule is O=C(O)C1=NO[C@](Cc2c[nH]c3ccccc23)(C(=O)O)C1. The summed E-state index contributed by atoms with van der Waals surface area (Å²) in [6.45, 7) is 0. The summed E-state index contributed by atoms with van der Waals surface area (Å²) < 4.78 is 0. The fourth-order valence-electron chi connectivity index (χ4n) is 2.46. The van der Waals surface area contributed by atoms with Crippen molar-refractivity contribution in [3.8, 4) is 0 Å². The lowest BCUT2D eigenvalue weighted by Crippen LogP contribution is -2.41. The molecule has 0 saturated carbocycles. The molecule has 0 saturated heterocycles. The topological polar surface area (TPSA) is 112 Å². The number of oxime groups is 1. The molecule has 0 spiro atoms. The number of H-pyrrole nitrogens is 1. The molecule has 1 aromatic heterocycles. The molecule has 3 rings (SSSR count). The number of aromatic amines is 1. The molecule has 0 aliphatic carbocycles. The van der Waals surface area contributed by atoms with Gasteiger partial charge in [0, 0.05) is 23.5 Å². The molecule has 7 nitrogen and oxygen atoms in total. The van der Waals surface area contributed by atoms with Crippen molar-refractivity contribution in [1.29, 1.82) is 0 Å². The first-order valence-electron chi connectivity index (χ1n) is 6.28. The van der Waals surface area contributed by atoms with Gasteiger partial charge in [0.15, 0.2) is 5.71 Å². The number of carbonyl (C=O) groups is 2. The highest BCUT2D eigenvalue weighted by atomic mass is 16.7. The van der Waals surface area contributed by atoms with E-state index < -0.39 is 17.5 Å². The normalized spacial score (nSPS) is 21.0. The van der Waals surface area contributed by atoms with Gasteiger partial charge in [0.05, 0.1) is 6.42 Å². The molecule has 0 radical (unpaired) electrons. The highest BCUT2D eigenvalue weighted by Gasteiger charge is 2.49. The van der Waals surface area contributed by atoms with E-state index >= 15 is 0 Å². The predicted octanol–water partition coefficient (Wildman–Crippen LogP) is 1.39. The van der Waals surface area contributed by atoms with E-state index in [1.807, 2.05) is 24.3 Å². The maximum absolute atomic E-state index is 11.6. The molecule has 0 bridgehead atoms. The van der Waals surface area contributed by atoms with Gasteiger partial charge in [-0.3, -0.25) is 0 Å². The van der Waals surface area contributed by atoms with Crippen LogP contribution in [-0.4, -0.2) is 38.4 Å². The van der Waals surface area contributed by atoms with Crippen LogP contribution in [0.5, 0.6) is 0 Å². The fraction of sp³-hybridized carbons (Fsp3) is 0.214. The van der Waals surface area contributed by atoms with E-state index in [2.05, 4.69) is 10.1 Å². The minimum Gasteiger partial charge on any atom is -0.478 e. The van der Waals surface area contributed by atoms with Crippen molar-refractivity contribution in [2.45, 2.75) is 18.4 Å². The summed E-state index contributed by atoms with van der Waals surface area (Å²) in [5, 5.41) is 22.6. The maximum atomic E-state index is 11.6. The number of benzene rings is 1. The first-order valence-corrected chi connectivity index (χ1v) is 6.28. The van der Waals surface area contributed by atoms with Crippen LogP contribution in [0.3, 0.4) is 0 Å². The Bertz CT molecular complexity index is 764. The molecule has 108 valence electrons. The third kappa shape index (κ3) is 2.12. The van der Waals surface area contributed by atoms with E-state index in [4.69, 9.17) is 9.94 Å². The summed E-state index contributed by atoms with van der Waals surface area (Å²) in [7, 11) is 0. The fourth-order valence-corrected chi connectivity index (χ4v) is 2.46. The summed E-state index contributed by atoms with van der Waals surface area (Å²) in [5.41, 5.74) is -0.323. The van der Waals surface area contributed by atoms with Crippen molar-refractivity contribution < 1.29 is 24.6 Å². The molecule has 2 heterocycles. The number of aromatic nitrogens is 1. The van der Waals surface area contributed by atoms with Crippen LogP contribution in [-0.2, 0) is 20.8 Å². The van der Waals surface area contributed by atoms with Gasteiger partial charge >= 0.3 is 11.9 Å². The minimum atomic E-state index is -1.67. The number of nitrogens with zero attached hydrogens (tertiary/aromatic N) is 1. The molecule has 0 unspecified atom stereocenters. The van der Waals surface area contributed by atoms with Gasteiger partial charge in [-0.2, -0.15) is 0 Å². The number of nitrogens with one attached hydrogen (secondary N) is 1. The van der Waals surface area contributed by atoms with Gasteiger partial charge in [-0.25, -0.2) is 9.59 Å². The van der Waals surface area contributed by atoms with E-state index in [-0.39, 0.29) is 18.6 Å². The number of aliphatic carboxylic acids is 2. The van der Waals surface area contributed by atoms with E-state index in [0.29, 0.717) is 0 Å². The molecule has 0 amide bonds.